The number of benzene rings is 2. The van der Waals surface area contributed by atoms with Crippen LogP contribution in [0, 0.1) is 12.7 Å². The largest absolute Gasteiger partial charge is 0.507 e. The van der Waals surface area contributed by atoms with Crippen molar-refractivity contribution in [3.05, 3.63) is 52.8 Å². The Balaban J connectivity index is 2.46. The van der Waals surface area contributed by atoms with Gasteiger partial charge in [0.15, 0.2) is 0 Å². The van der Waals surface area contributed by atoms with Crippen molar-refractivity contribution in [1.82, 2.24) is 5.32 Å². The van der Waals surface area contributed by atoms with Crippen LogP contribution in [0.1, 0.15) is 37.5 Å². The Kier molecular flexibility index (Phi) is 5.44. The standard InChI is InChI=1S/C19H25FNOP/c1-12-8-14(19(2,3)4)10-17(18(12)22)23-16-7-6-15(20)9-13(16)11-21-5/h6-10,21-23H,11H2,1-5H3. The first-order valence-electron chi connectivity index (χ1n) is 7.76. The summed E-state index contributed by atoms with van der Waals surface area (Å²) in [5.41, 5.74) is 3.04. The molecule has 0 saturated heterocycles. The van der Waals surface area contributed by atoms with E-state index >= 15 is 0 Å². The number of halogens is 1. The molecule has 2 aromatic carbocycles. The minimum Gasteiger partial charge on any atom is -0.507 e. The predicted molar refractivity (Wildman–Crippen MR) is 98.3 cm³/mol. The van der Waals surface area contributed by atoms with E-state index in [1.165, 1.54) is 11.6 Å². The van der Waals surface area contributed by atoms with Gasteiger partial charge in [-0.3, -0.25) is 0 Å². The van der Waals surface area contributed by atoms with Crippen LogP contribution >= 0.6 is 8.58 Å². The van der Waals surface area contributed by atoms with Gasteiger partial charge < -0.3 is 10.4 Å². The van der Waals surface area contributed by atoms with Crippen molar-refractivity contribution >= 4 is 19.2 Å². The first-order valence-corrected chi connectivity index (χ1v) is 8.76. The average molecular weight is 333 g/mol. The molecule has 0 spiro atoms. The topological polar surface area (TPSA) is 32.3 Å². The summed E-state index contributed by atoms with van der Waals surface area (Å²) >= 11 is 0. The molecule has 0 bridgehead atoms. The highest BCUT2D eigenvalue weighted by molar-refractivity contribution is 7.55. The van der Waals surface area contributed by atoms with Crippen molar-refractivity contribution in [2.45, 2.75) is 39.7 Å². The molecule has 2 aromatic rings. The van der Waals surface area contributed by atoms with Gasteiger partial charge in [0.1, 0.15) is 11.6 Å². The summed E-state index contributed by atoms with van der Waals surface area (Å²) < 4.78 is 13.5. The first kappa shape index (κ1) is 17.9. The van der Waals surface area contributed by atoms with Crippen LogP contribution in [0.15, 0.2) is 30.3 Å². The van der Waals surface area contributed by atoms with Crippen LogP contribution in [0.25, 0.3) is 0 Å². The van der Waals surface area contributed by atoms with Gasteiger partial charge in [-0.05, 0) is 59.6 Å². The lowest BCUT2D eigenvalue weighted by molar-refractivity contribution is 0.474. The number of hydrogen-bond donors (Lipinski definition) is 2. The van der Waals surface area contributed by atoms with E-state index in [0.717, 1.165) is 21.7 Å². The minimum absolute atomic E-state index is 0.0221. The molecule has 2 nitrogen and oxygen atoms in total. The zero-order valence-corrected chi connectivity index (χ0v) is 15.4. The van der Waals surface area contributed by atoms with Crippen LogP contribution in [-0.2, 0) is 12.0 Å². The third-order valence-electron chi connectivity index (χ3n) is 3.87. The van der Waals surface area contributed by atoms with Gasteiger partial charge in [-0.25, -0.2) is 4.39 Å². The summed E-state index contributed by atoms with van der Waals surface area (Å²) in [6.45, 7) is 9.03. The maximum absolute atomic E-state index is 13.5. The van der Waals surface area contributed by atoms with Crippen molar-refractivity contribution in [3.8, 4) is 5.75 Å². The third-order valence-corrected chi connectivity index (χ3v) is 5.28. The average Bonchev–Trinajstić information content (AvgIpc) is 2.45. The SMILES string of the molecule is CNCc1cc(F)ccc1Pc1cc(C(C)(C)C)cc(C)c1O. The fourth-order valence-electron chi connectivity index (χ4n) is 2.47. The fraction of sp³-hybridized carbons (Fsp3) is 0.368. The summed E-state index contributed by atoms with van der Waals surface area (Å²) in [5.74, 6) is 0.115. The molecule has 0 fully saturated rings. The van der Waals surface area contributed by atoms with Crippen LogP contribution in [0.4, 0.5) is 4.39 Å². The van der Waals surface area contributed by atoms with Crippen molar-refractivity contribution < 1.29 is 9.50 Å². The molecule has 1 atom stereocenters. The van der Waals surface area contributed by atoms with E-state index in [2.05, 4.69) is 32.2 Å². The lowest BCUT2D eigenvalue weighted by Crippen LogP contribution is -2.18. The Morgan fingerprint density at radius 2 is 1.83 bits per heavy atom. The number of aryl methyl sites for hydroxylation is 1. The number of nitrogens with one attached hydrogen (secondary N) is 1. The molecule has 23 heavy (non-hydrogen) atoms. The van der Waals surface area contributed by atoms with E-state index in [-0.39, 0.29) is 11.2 Å². The molecule has 0 saturated carbocycles. The van der Waals surface area contributed by atoms with Crippen LogP contribution in [-0.4, -0.2) is 12.2 Å². The minimum atomic E-state index is -0.229. The Bertz CT molecular complexity index is 707. The van der Waals surface area contributed by atoms with Gasteiger partial charge in [0.05, 0.1) is 0 Å². The van der Waals surface area contributed by atoms with E-state index in [0.29, 0.717) is 20.9 Å². The third kappa shape index (κ3) is 4.31. The molecule has 0 heterocycles. The molecule has 124 valence electrons. The Morgan fingerprint density at radius 1 is 1.13 bits per heavy atom. The maximum Gasteiger partial charge on any atom is 0.126 e. The second-order valence-corrected chi connectivity index (χ2v) is 8.22. The van der Waals surface area contributed by atoms with Crippen molar-refractivity contribution in [3.63, 3.8) is 0 Å². The van der Waals surface area contributed by atoms with E-state index in [1.54, 1.807) is 6.07 Å². The van der Waals surface area contributed by atoms with Crippen molar-refractivity contribution in [1.29, 1.82) is 0 Å². The molecule has 0 aliphatic rings. The van der Waals surface area contributed by atoms with Crippen molar-refractivity contribution in [2.24, 2.45) is 0 Å². The van der Waals surface area contributed by atoms with E-state index in [1.807, 2.05) is 26.1 Å². The maximum atomic E-state index is 13.5. The van der Waals surface area contributed by atoms with Crippen LogP contribution in [0.2, 0.25) is 0 Å². The number of aromatic hydroxyl groups is 1. The van der Waals surface area contributed by atoms with Gasteiger partial charge in [-0.15, -0.1) is 0 Å². The molecule has 4 heteroatoms. The lowest BCUT2D eigenvalue weighted by atomic mass is 9.86. The lowest BCUT2D eigenvalue weighted by Gasteiger charge is -2.22. The molecule has 0 aliphatic carbocycles. The number of rotatable bonds is 4. The second-order valence-electron chi connectivity index (χ2n) is 6.90. The van der Waals surface area contributed by atoms with Gasteiger partial charge >= 0.3 is 0 Å². The smallest absolute Gasteiger partial charge is 0.126 e. The quantitative estimate of drug-likeness (QED) is 0.840. The molecule has 0 radical (unpaired) electrons. The van der Waals surface area contributed by atoms with Crippen molar-refractivity contribution in [2.75, 3.05) is 7.05 Å². The Morgan fingerprint density at radius 3 is 2.43 bits per heavy atom. The zero-order chi connectivity index (χ0) is 17.2. The van der Waals surface area contributed by atoms with E-state index in [9.17, 15) is 9.50 Å². The molecule has 2 rings (SSSR count). The number of phenols is 1. The summed E-state index contributed by atoms with van der Waals surface area (Å²) in [6.07, 6.45) is 0. The van der Waals surface area contributed by atoms with Gasteiger partial charge in [0, 0.05) is 11.8 Å². The highest BCUT2D eigenvalue weighted by atomic mass is 31.1. The molecule has 2 N–H and O–H groups in total. The number of phenolic OH excluding ortho intramolecular Hbond substituents is 1. The molecule has 1 unspecified atom stereocenters. The monoisotopic (exact) mass is 333 g/mol. The molecule has 0 amide bonds. The summed E-state index contributed by atoms with van der Waals surface area (Å²) in [4.78, 5) is 0. The Hall–Kier alpha value is -1.44. The van der Waals surface area contributed by atoms with Crippen LogP contribution in [0.5, 0.6) is 5.75 Å². The summed E-state index contributed by atoms with van der Waals surface area (Å²) in [6, 6.07) is 8.99. The predicted octanol–water partition coefficient (Wildman–Crippen LogP) is 3.49. The van der Waals surface area contributed by atoms with Gasteiger partial charge in [-0.1, -0.05) is 41.5 Å². The van der Waals surface area contributed by atoms with Gasteiger partial charge in [0.25, 0.3) is 0 Å². The molecule has 0 aliphatic heterocycles. The summed E-state index contributed by atoms with van der Waals surface area (Å²) in [7, 11) is 2.14. The number of hydrogen-bond acceptors (Lipinski definition) is 2. The Labute approximate surface area is 139 Å². The van der Waals surface area contributed by atoms with Crippen LogP contribution < -0.4 is 15.9 Å². The first-order chi connectivity index (χ1) is 10.7. The van der Waals surface area contributed by atoms with Crippen LogP contribution in [0.3, 0.4) is 0 Å². The second kappa shape index (κ2) is 6.98. The molecule has 0 aromatic heterocycles. The molecular weight excluding hydrogens is 308 g/mol. The van der Waals surface area contributed by atoms with Gasteiger partial charge in [-0.2, -0.15) is 0 Å². The highest BCUT2D eigenvalue weighted by Gasteiger charge is 2.18. The summed E-state index contributed by atoms with van der Waals surface area (Å²) in [5, 5.41) is 15.5. The normalized spacial score (nSPS) is 12.3. The van der Waals surface area contributed by atoms with E-state index in [4.69, 9.17) is 0 Å². The van der Waals surface area contributed by atoms with Gasteiger partial charge in [0.2, 0.25) is 0 Å². The zero-order valence-electron chi connectivity index (χ0n) is 14.4. The highest BCUT2D eigenvalue weighted by Crippen LogP contribution is 2.30. The van der Waals surface area contributed by atoms with E-state index < -0.39 is 0 Å². The molecular formula is C19H25FNOP. The fourth-order valence-corrected chi connectivity index (χ4v) is 3.80.